The lowest BCUT2D eigenvalue weighted by molar-refractivity contribution is -0.112. The Balaban J connectivity index is 5.07. The molecule has 0 saturated heterocycles. The lowest BCUT2D eigenvalue weighted by Crippen LogP contribution is -2.46. The molecule has 0 aromatic rings. The maximum absolute atomic E-state index is 11.0. The SMILES string of the molecule is C/C(=C\I)C(O[Si](C)(C)C(C)(C)C)[C@@H](C)C=O. The van der Waals surface area contributed by atoms with Crippen LogP contribution in [-0.2, 0) is 9.22 Å². The second kappa shape index (κ2) is 6.47. The van der Waals surface area contributed by atoms with E-state index in [0.717, 1.165) is 11.9 Å². The summed E-state index contributed by atoms with van der Waals surface area (Å²) >= 11 is 2.21. The van der Waals surface area contributed by atoms with Gasteiger partial charge < -0.3 is 9.22 Å². The van der Waals surface area contributed by atoms with Crippen LogP contribution in [0.5, 0.6) is 0 Å². The number of carbonyl (C=O) groups excluding carboxylic acids is 1. The highest BCUT2D eigenvalue weighted by Crippen LogP contribution is 2.38. The van der Waals surface area contributed by atoms with E-state index in [-0.39, 0.29) is 17.1 Å². The molecule has 0 aliphatic carbocycles. The summed E-state index contributed by atoms with van der Waals surface area (Å²) in [5, 5.41) is 0.166. The van der Waals surface area contributed by atoms with Gasteiger partial charge in [0.1, 0.15) is 6.29 Å². The number of rotatable bonds is 5. The van der Waals surface area contributed by atoms with E-state index in [1.807, 2.05) is 17.9 Å². The molecular formula is C13H25IO2Si. The van der Waals surface area contributed by atoms with Crippen LogP contribution in [0.2, 0.25) is 18.1 Å². The normalized spacial score (nSPS) is 17.8. The first kappa shape index (κ1) is 17.3. The standard InChI is InChI=1S/C13H25IO2Si/c1-10(8-14)12(11(2)9-15)16-17(6,7)13(3,4)5/h8-9,11-12H,1-7H3/b10-8+/t11-,12?/m0/s1. The van der Waals surface area contributed by atoms with Gasteiger partial charge >= 0.3 is 0 Å². The van der Waals surface area contributed by atoms with Crippen LogP contribution in [0.15, 0.2) is 9.66 Å². The first-order chi connectivity index (χ1) is 7.56. The van der Waals surface area contributed by atoms with Gasteiger partial charge in [-0.15, -0.1) is 0 Å². The first-order valence-corrected chi connectivity index (χ1v) is 10.1. The van der Waals surface area contributed by atoms with Crippen molar-refractivity contribution in [3.8, 4) is 0 Å². The fourth-order valence-corrected chi connectivity index (χ4v) is 2.99. The van der Waals surface area contributed by atoms with Crippen molar-refractivity contribution in [3.63, 3.8) is 0 Å². The molecule has 0 fully saturated rings. The third-order valence-corrected chi connectivity index (χ3v) is 8.98. The van der Waals surface area contributed by atoms with Gasteiger partial charge in [0.25, 0.3) is 0 Å². The van der Waals surface area contributed by atoms with Crippen molar-refractivity contribution in [2.45, 2.75) is 58.9 Å². The number of carbonyl (C=O) groups is 1. The van der Waals surface area contributed by atoms with Crippen LogP contribution in [0.4, 0.5) is 0 Å². The third kappa shape index (κ3) is 4.83. The number of hydrogen-bond acceptors (Lipinski definition) is 2. The summed E-state index contributed by atoms with van der Waals surface area (Å²) in [6.45, 7) is 15.0. The number of halogens is 1. The van der Waals surface area contributed by atoms with E-state index in [1.54, 1.807) is 0 Å². The van der Waals surface area contributed by atoms with E-state index in [9.17, 15) is 4.79 Å². The van der Waals surface area contributed by atoms with E-state index in [1.165, 1.54) is 0 Å². The fourth-order valence-electron chi connectivity index (χ4n) is 1.24. The minimum atomic E-state index is -1.83. The summed E-state index contributed by atoms with van der Waals surface area (Å²) in [6, 6.07) is 0. The molecule has 0 rings (SSSR count). The molecule has 100 valence electrons. The summed E-state index contributed by atoms with van der Waals surface area (Å²) in [4.78, 5) is 11.0. The van der Waals surface area contributed by atoms with Gasteiger partial charge in [0.05, 0.1) is 6.10 Å². The molecule has 0 aliphatic heterocycles. The van der Waals surface area contributed by atoms with E-state index in [2.05, 4.69) is 56.5 Å². The van der Waals surface area contributed by atoms with Crippen molar-refractivity contribution in [1.82, 2.24) is 0 Å². The smallest absolute Gasteiger partial charge is 0.192 e. The van der Waals surface area contributed by atoms with Crippen LogP contribution < -0.4 is 0 Å². The molecule has 0 amide bonds. The summed E-state index contributed by atoms with van der Waals surface area (Å²) in [5.74, 6) is -0.0878. The zero-order chi connectivity index (χ0) is 13.9. The molecule has 0 saturated carbocycles. The van der Waals surface area contributed by atoms with E-state index < -0.39 is 8.32 Å². The topological polar surface area (TPSA) is 26.3 Å². The minimum absolute atomic E-state index is 0.0784. The first-order valence-electron chi connectivity index (χ1n) is 5.97. The van der Waals surface area contributed by atoms with Crippen LogP contribution in [0.3, 0.4) is 0 Å². The van der Waals surface area contributed by atoms with Crippen molar-refractivity contribution in [2.75, 3.05) is 0 Å². The molecule has 0 aliphatic rings. The molecule has 1 unspecified atom stereocenters. The van der Waals surface area contributed by atoms with Gasteiger partial charge in [-0.25, -0.2) is 0 Å². The summed E-state index contributed by atoms with van der Waals surface area (Å²) in [5.41, 5.74) is 1.13. The molecule has 0 N–H and O–H groups in total. The maximum atomic E-state index is 11.0. The van der Waals surface area contributed by atoms with Gasteiger partial charge in [-0.3, -0.25) is 0 Å². The Morgan fingerprint density at radius 1 is 1.35 bits per heavy atom. The average molecular weight is 368 g/mol. The van der Waals surface area contributed by atoms with Crippen LogP contribution in [-0.4, -0.2) is 20.7 Å². The van der Waals surface area contributed by atoms with Crippen molar-refractivity contribution >= 4 is 37.2 Å². The Morgan fingerprint density at radius 2 is 1.82 bits per heavy atom. The minimum Gasteiger partial charge on any atom is -0.410 e. The van der Waals surface area contributed by atoms with Gasteiger partial charge in [-0.05, 0) is 34.7 Å². The van der Waals surface area contributed by atoms with Crippen molar-refractivity contribution in [3.05, 3.63) is 9.66 Å². The Labute approximate surface area is 120 Å². The van der Waals surface area contributed by atoms with Gasteiger partial charge in [0.15, 0.2) is 8.32 Å². The Hall–Kier alpha value is 0.317. The molecule has 0 radical (unpaired) electrons. The molecule has 2 nitrogen and oxygen atoms in total. The van der Waals surface area contributed by atoms with Crippen molar-refractivity contribution in [2.24, 2.45) is 5.92 Å². The predicted molar refractivity (Wildman–Crippen MR) is 85.1 cm³/mol. The molecule has 17 heavy (non-hydrogen) atoms. The molecule has 0 bridgehead atoms. The van der Waals surface area contributed by atoms with Gasteiger partial charge in [-0.2, -0.15) is 0 Å². The average Bonchev–Trinajstić information content (AvgIpc) is 2.22. The Bertz CT molecular complexity index is 292. The van der Waals surface area contributed by atoms with Gasteiger partial charge in [-0.1, -0.05) is 50.3 Å². The molecule has 0 spiro atoms. The third-order valence-electron chi connectivity index (χ3n) is 3.54. The summed E-state index contributed by atoms with van der Waals surface area (Å²) in [7, 11) is -1.83. The lowest BCUT2D eigenvalue weighted by atomic mass is 10.0. The monoisotopic (exact) mass is 368 g/mol. The zero-order valence-electron chi connectivity index (χ0n) is 12.0. The zero-order valence-corrected chi connectivity index (χ0v) is 15.2. The molecule has 2 atom stereocenters. The maximum Gasteiger partial charge on any atom is 0.192 e. The van der Waals surface area contributed by atoms with E-state index >= 15 is 0 Å². The van der Waals surface area contributed by atoms with Gasteiger partial charge in [0, 0.05) is 5.92 Å². The second-order valence-corrected chi connectivity index (χ2v) is 11.5. The Kier molecular flexibility index (Phi) is 6.59. The largest absolute Gasteiger partial charge is 0.410 e. The quantitative estimate of drug-likeness (QED) is 0.404. The highest BCUT2D eigenvalue weighted by atomic mass is 127. The summed E-state index contributed by atoms with van der Waals surface area (Å²) in [6.07, 6.45) is 0.909. The number of hydrogen-bond donors (Lipinski definition) is 0. The predicted octanol–water partition coefficient (Wildman–Crippen LogP) is 4.55. The van der Waals surface area contributed by atoms with Crippen LogP contribution in [0.25, 0.3) is 0 Å². The van der Waals surface area contributed by atoms with Crippen molar-refractivity contribution in [1.29, 1.82) is 0 Å². The van der Waals surface area contributed by atoms with Gasteiger partial charge in [0.2, 0.25) is 0 Å². The number of aldehydes is 1. The molecule has 0 aromatic carbocycles. The van der Waals surface area contributed by atoms with Crippen LogP contribution in [0, 0.1) is 5.92 Å². The molecular weight excluding hydrogens is 343 g/mol. The van der Waals surface area contributed by atoms with E-state index in [0.29, 0.717) is 0 Å². The van der Waals surface area contributed by atoms with Crippen LogP contribution in [0.1, 0.15) is 34.6 Å². The fraction of sp³-hybridized carbons (Fsp3) is 0.769. The molecule has 4 heteroatoms. The van der Waals surface area contributed by atoms with Crippen molar-refractivity contribution < 1.29 is 9.22 Å². The second-order valence-electron chi connectivity index (χ2n) is 6.15. The van der Waals surface area contributed by atoms with Crippen LogP contribution >= 0.6 is 22.6 Å². The molecule has 0 heterocycles. The highest BCUT2D eigenvalue weighted by Gasteiger charge is 2.40. The molecule has 0 aromatic heterocycles. The summed E-state index contributed by atoms with van der Waals surface area (Å²) < 4.78 is 8.35. The lowest BCUT2D eigenvalue weighted by Gasteiger charge is -2.40. The van der Waals surface area contributed by atoms with E-state index in [4.69, 9.17) is 4.43 Å². The highest BCUT2D eigenvalue weighted by molar-refractivity contribution is 14.1. The Morgan fingerprint density at radius 3 is 2.12 bits per heavy atom.